The summed E-state index contributed by atoms with van der Waals surface area (Å²) < 4.78 is 36.0. The number of aromatic nitrogens is 10. The molecule has 0 bridgehead atoms. The highest BCUT2D eigenvalue weighted by Gasteiger charge is 2.30. The summed E-state index contributed by atoms with van der Waals surface area (Å²) in [5.74, 6) is 1.03. The van der Waals surface area contributed by atoms with Crippen LogP contribution in [0, 0.1) is 0 Å². The van der Waals surface area contributed by atoms with Crippen LogP contribution in [0.25, 0.3) is 11.9 Å². The molecule has 6 aromatic heterocycles. The molecule has 0 aliphatic rings. The van der Waals surface area contributed by atoms with Crippen LogP contribution in [0.2, 0.25) is 0 Å². The molecule has 17 nitrogen and oxygen atoms in total. The number of thiazole rings is 2. The average molecular weight is 720 g/mol. The molecule has 6 rings (SSSR count). The zero-order valence-corrected chi connectivity index (χ0v) is 28.2. The molecule has 0 saturated heterocycles. The molecule has 4 N–H and O–H groups in total. The average Bonchev–Trinajstić information content (AvgIpc) is 3.90. The summed E-state index contributed by atoms with van der Waals surface area (Å²) in [5, 5.41) is 7.01. The van der Waals surface area contributed by atoms with Crippen LogP contribution in [0.4, 0.5) is 10.3 Å². The minimum atomic E-state index is -2.58. The first-order valence-corrected chi connectivity index (χ1v) is 18.1. The Morgan fingerprint density at radius 1 is 0.761 bits per heavy atom. The molecule has 22 heteroatoms. The third kappa shape index (κ3) is 8.78. The Morgan fingerprint density at radius 2 is 1.24 bits per heavy atom. The predicted octanol–water partition coefficient (Wildman–Crippen LogP) is 3.43. The zero-order valence-electron chi connectivity index (χ0n) is 24.0. The van der Waals surface area contributed by atoms with Crippen LogP contribution in [0.1, 0.15) is 22.9 Å². The van der Waals surface area contributed by atoms with E-state index in [1.54, 1.807) is 59.0 Å². The summed E-state index contributed by atoms with van der Waals surface area (Å²) >= 11 is 5.58. The standard InChI is InChI=1S/C24H28N14O3PS4/c25-17(1-7-35(13-19-29-5-11-43-19)23-31-21(33-45-23)37-9-3-27-15-37)40-42(39)41-18(26)2-8-36(14-20-30-6-12-44-20)24-32-22(34-46-24)38-10-4-28-16-38/h3-6,9-12,15-18H,1-2,7-8,13-14,25-26H2/q+1. The van der Waals surface area contributed by atoms with Crippen molar-refractivity contribution in [2.45, 2.75) is 38.4 Å². The summed E-state index contributed by atoms with van der Waals surface area (Å²) in [7, 11) is -2.58. The Labute approximate surface area is 279 Å². The van der Waals surface area contributed by atoms with Gasteiger partial charge in [-0.05, 0) is 0 Å². The van der Waals surface area contributed by atoms with Gasteiger partial charge in [0.2, 0.25) is 22.2 Å². The lowest BCUT2D eigenvalue weighted by Gasteiger charge is -2.21. The number of nitrogens with two attached hydrogens (primary N) is 2. The van der Waals surface area contributed by atoms with Crippen molar-refractivity contribution in [3.05, 3.63) is 70.6 Å². The molecule has 0 amide bonds. The first kappa shape index (κ1) is 32.3. The second-order valence-corrected chi connectivity index (χ2v) is 13.8. The van der Waals surface area contributed by atoms with E-state index in [2.05, 4.69) is 38.7 Å². The first-order chi connectivity index (χ1) is 22.5. The minimum absolute atomic E-state index is 0.336. The van der Waals surface area contributed by atoms with Crippen molar-refractivity contribution in [3.63, 3.8) is 0 Å². The highest BCUT2D eigenvalue weighted by atomic mass is 32.1. The molecule has 0 spiro atoms. The van der Waals surface area contributed by atoms with Crippen LogP contribution in [0.5, 0.6) is 0 Å². The maximum absolute atomic E-state index is 12.7. The van der Waals surface area contributed by atoms with Gasteiger partial charge in [-0.25, -0.2) is 19.9 Å². The summed E-state index contributed by atoms with van der Waals surface area (Å²) in [6.07, 6.45) is 12.6. The quantitative estimate of drug-likeness (QED) is 0.0964. The fourth-order valence-corrected chi connectivity index (χ4v) is 7.38. The molecule has 6 heterocycles. The minimum Gasteiger partial charge on any atom is -0.340 e. The number of rotatable bonds is 18. The molecule has 6 aromatic rings. The normalized spacial score (nSPS) is 13.1. The van der Waals surface area contributed by atoms with Gasteiger partial charge < -0.3 is 21.3 Å². The maximum atomic E-state index is 12.7. The Morgan fingerprint density at radius 3 is 1.63 bits per heavy atom. The smallest absolute Gasteiger partial charge is 0.340 e. The van der Waals surface area contributed by atoms with E-state index < -0.39 is 20.7 Å². The molecule has 0 fully saturated rings. The maximum Gasteiger partial charge on any atom is 0.700 e. The molecule has 0 aliphatic carbocycles. The topological polar surface area (TPSA) is 207 Å². The van der Waals surface area contributed by atoms with Gasteiger partial charge in [-0.2, -0.15) is 18.7 Å². The van der Waals surface area contributed by atoms with Crippen molar-refractivity contribution < 1.29 is 13.6 Å². The van der Waals surface area contributed by atoms with Crippen LogP contribution < -0.4 is 21.3 Å². The summed E-state index contributed by atoms with van der Waals surface area (Å²) in [4.78, 5) is 30.2. The fourth-order valence-electron chi connectivity index (χ4n) is 4.03. The Balaban J connectivity index is 1.00. The molecule has 2 unspecified atom stereocenters. The summed E-state index contributed by atoms with van der Waals surface area (Å²) in [6.45, 7) is 1.91. The van der Waals surface area contributed by atoms with Gasteiger partial charge in [-0.15, -0.1) is 31.7 Å². The summed E-state index contributed by atoms with van der Waals surface area (Å²) in [6, 6.07) is 0. The number of hydrogen-bond donors (Lipinski definition) is 2. The van der Waals surface area contributed by atoms with Gasteiger partial charge in [0.15, 0.2) is 12.5 Å². The monoisotopic (exact) mass is 719 g/mol. The van der Waals surface area contributed by atoms with Gasteiger partial charge in [0.25, 0.3) is 0 Å². The Hall–Kier alpha value is -3.66. The van der Waals surface area contributed by atoms with E-state index in [4.69, 9.17) is 20.5 Å². The number of hydrogen-bond acceptors (Lipinski definition) is 19. The second-order valence-electron chi connectivity index (χ2n) is 9.48. The van der Waals surface area contributed by atoms with Gasteiger partial charge in [-0.3, -0.25) is 9.13 Å². The number of nitrogens with zero attached hydrogens (tertiary/aromatic N) is 12. The van der Waals surface area contributed by atoms with E-state index >= 15 is 0 Å². The number of anilines is 2. The van der Waals surface area contributed by atoms with E-state index in [0.29, 0.717) is 61.2 Å². The Kier molecular flexibility index (Phi) is 11.1. The van der Waals surface area contributed by atoms with Crippen molar-refractivity contribution in [2.75, 3.05) is 22.9 Å². The highest BCUT2D eigenvalue weighted by molar-refractivity contribution is 7.33. The highest BCUT2D eigenvalue weighted by Crippen LogP contribution is 2.29. The lowest BCUT2D eigenvalue weighted by molar-refractivity contribution is 0.127. The van der Waals surface area contributed by atoms with Gasteiger partial charge in [0.1, 0.15) is 22.7 Å². The van der Waals surface area contributed by atoms with Gasteiger partial charge in [0.05, 0.1) is 13.1 Å². The SMILES string of the molecule is NC(CCN(Cc1nccs1)c1nc(-n2ccnc2)ns1)O[P+](=O)OC(N)CCN(Cc1nccs1)c1nc(-n2ccnc2)ns1. The van der Waals surface area contributed by atoms with Gasteiger partial charge in [0, 0.05) is 102 Å². The lowest BCUT2D eigenvalue weighted by atomic mass is 10.3. The third-order valence-corrected chi connectivity index (χ3v) is 10.2. The molecular weight excluding hydrogens is 692 g/mol. The van der Waals surface area contributed by atoms with Crippen molar-refractivity contribution in [1.29, 1.82) is 0 Å². The van der Waals surface area contributed by atoms with Crippen LogP contribution in [-0.4, -0.2) is 73.3 Å². The van der Waals surface area contributed by atoms with Crippen molar-refractivity contribution >= 4 is 64.3 Å². The molecule has 0 aromatic carbocycles. The third-order valence-electron chi connectivity index (χ3n) is 6.25. The molecule has 0 aliphatic heterocycles. The van der Waals surface area contributed by atoms with Crippen molar-refractivity contribution in [1.82, 2.24) is 47.8 Å². The summed E-state index contributed by atoms with van der Waals surface area (Å²) in [5.41, 5.74) is 12.4. The van der Waals surface area contributed by atoms with Crippen LogP contribution in [0.3, 0.4) is 0 Å². The van der Waals surface area contributed by atoms with E-state index in [-0.39, 0.29) is 0 Å². The van der Waals surface area contributed by atoms with Crippen molar-refractivity contribution in [2.24, 2.45) is 11.5 Å². The predicted molar refractivity (Wildman–Crippen MR) is 175 cm³/mol. The van der Waals surface area contributed by atoms with Crippen molar-refractivity contribution in [3.8, 4) is 11.9 Å². The Bertz CT molecular complexity index is 1620. The first-order valence-electron chi connectivity index (χ1n) is 13.7. The fraction of sp³-hybridized carbons (Fsp3) is 0.333. The van der Waals surface area contributed by atoms with E-state index in [1.807, 2.05) is 20.6 Å². The molecule has 46 heavy (non-hydrogen) atoms. The van der Waals surface area contributed by atoms with Gasteiger partial charge >= 0.3 is 8.25 Å². The lowest BCUT2D eigenvalue weighted by Crippen LogP contribution is -2.32. The van der Waals surface area contributed by atoms with Crippen LogP contribution in [0.15, 0.2) is 60.6 Å². The van der Waals surface area contributed by atoms with Crippen LogP contribution >= 0.6 is 54.0 Å². The molecule has 2 atom stereocenters. The van der Waals surface area contributed by atoms with Gasteiger partial charge in [-0.1, -0.05) is 0 Å². The van der Waals surface area contributed by atoms with E-state index in [1.165, 1.54) is 45.7 Å². The second kappa shape index (κ2) is 15.8. The zero-order chi connectivity index (χ0) is 31.7. The van der Waals surface area contributed by atoms with E-state index in [9.17, 15) is 4.57 Å². The number of imidazole rings is 2. The molecule has 240 valence electrons. The largest absolute Gasteiger partial charge is 0.700 e. The molecule has 0 radical (unpaired) electrons. The molecule has 0 saturated carbocycles. The molecular formula is C24H28N14O3PS4+. The van der Waals surface area contributed by atoms with E-state index in [0.717, 1.165) is 10.0 Å². The van der Waals surface area contributed by atoms with Crippen LogP contribution in [-0.2, 0) is 26.7 Å².